The van der Waals surface area contributed by atoms with Gasteiger partial charge in [-0.1, -0.05) is 42.5 Å². The predicted molar refractivity (Wildman–Crippen MR) is 97.6 cm³/mol. The van der Waals surface area contributed by atoms with E-state index in [1.54, 1.807) is 7.11 Å². The molecule has 0 aromatic heterocycles. The number of Topliss-reactive ketones (excluding diaryl/α,β-unsaturated/α-hetero) is 1. The normalized spacial score (nSPS) is 15.5. The first kappa shape index (κ1) is 14.7. The highest BCUT2D eigenvalue weighted by Crippen LogP contribution is 2.30. The molecular weight excluding hydrogens is 296 g/mol. The molecule has 0 bridgehead atoms. The highest BCUT2D eigenvalue weighted by Gasteiger charge is 2.22. The summed E-state index contributed by atoms with van der Waals surface area (Å²) in [6.45, 7) is 0. The second-order valence-corrected chi connectivity index (χ2v) is 6.09. The van der Waals surface area contributed by atoms with Gasteiger partial charge in [-0.15, -0.1) is 0 Å². The molecule has 1 aliphatic rings. The average molecular weight is 314 g/mol. The number of aryl methyl sites for hydroxylation is 1. The highest BCUT2D eigenvalue weighted by molar-refractivity contribution is 6.14. The van der Waals surface area contributed by atoms with Gasteiger partial charge in [0.1, 0.15) is 5.75 Å². The SMILES string of the molecule is COc1ccc2c(c1)CC/C(=C\c1cccc3ccccc13)C2=O. The van der Waals surface area contributed by atoms with Crippen LogP contribution in [0.1, 0.15) is 27.9 Å². The van der Waals surface area contributed by atoms with Crippen LogP contribution in [0.3, 0.4) is 0 Å². The molecule has 0 N–H and O–H groups in total. The summed E-state index contributed by atoms with van der Waals surface area (Å²) in [7, 11) is 1.65. The van der Waals surface area contributed by atoms with Crippen LogP contribution in [0.4, 0.5) is 0 Å². The van der Waals surface area contributed by atoms with E-state index in [2.05, 4.69) is 30.3 Å². The van der Waals surface area contributed by atoms with Crippen LogP contribution in [-0.2, 0) is 6.42 Å². The minimum Gasteiger partial charge on any atom is -0.497 e. The fourth-order valence-corrected chi connectivity index (χ4v) is 3.38. The molecule has 0 fully saturated rings. The molecule has 0 heterocycles. The van der Waals surface area contributed by atoms with E-state index in [4.69, 9.17) is 4.74 Å². The van der Waals surface area contributed by atoms with Gasteiger partial charge in [0.05, 0.1) is 7.11 Å². The van der Waals surface area contributed by atoms with E-state index in [0.29, 0.717) is 0 Å². The molecule has 0 radical (unpaired) electrons. The molecule has 118 valence electrons. The minimum absolute atomic E-state index is 0.131. The molecule has 0 saturated carbocycles. The van der Waals surface area contributed by atoms with E-state index in [1.165, 1.54) is 10.8 Å². The molecule has 2 heteroatoms. The van der Waals surface area contributed by atoms with E-state index >= 15 is 0 Å². The van der Waals surface area contributed by atoms with Crippen LogP contribution in [0, 0.1) is 0 Å². The maximum atomic E-state index is 12.8. The Morgan fingerprint density at radius 3 is 2.67 bits per heavy atom. The van der Waals surface area contributed by atoms with Crippen molar-refractivity contribution in [3.8, 4) is 5.75 Å². The summed E-state index contributed by atoms with van der Waals surface area (Å²) in [5.74, 6) is 0.940. The van der Waals surface area contributed by atoms with Crippen molar-refractivity contribution in [1.29, 1.82) is 0 Å². The first-order chi connectivity index (χ1) is 11.8. The van der Waals surface area contributed by atoms with Crippen molar-refractivity contribution >= 4 is 22.6 Å². The zero-order valence-electron chi connectivity index (χ0n) is 13.6. The van der Waals surface area contributed by atoms with Crippen molar-refractivity contribution in [2.24, 2.45) is 0 Å². The molecule has 0 aliphatic heterocycles. The van der Waals surface area contributed by atoms with E-state index in [-0.39, 0.29) is 5.78 Å². The van der Waals surface area contributed by atoms with Gasteiger partial charge in [0.2, 0.25) is 0 Å². The molecule has 3 aromatic carbocycles. The standard InChI is InChI=1S/C22H18O2/c1-24-19-11-12-21-17(14-19)9-10-18(22(21)23)13-16-7-4-6-15-5-2-3-8-20(15)16/h2-8,11-14H,9-10H2,1H3/b18-13+. The first-order valence-corrected chi connectivity index (χ1v) is 8.16. The number of carbonyl (C=O) groups excluding carboxylic acids is 1. The largest absolute Gasteiger partial charge is 0.497 e. The molecule has 0 spiro atoms. The third kappa shape index (κ3) is 2.50. The van der Waals surface area contributed by atoms with E-state index in [0.717, 1.165) is 40.9 Å². The van der Waals surface area contributed by atoms with Crippen molar-refractivity contribution < 1.29 is 9.53 Å². The van der Waals surface area contributed by atoms with Gasteiger partial charge < -0.3 is 4.74 Å². The van der Waals surface area contributed by atoms with Crippen LogP contribution in [0.15, 0.2) is 66.2 Å². The molecule has 4 rings (SSSR count). The first-order valence-electron chi connectivity index (χ1n) is 8.16. The number of hydrogen-bond donors (Lipinski definition) is 0. The number of rotatable bonds is 2. The van der Waals surface area contributed by atoms with Crippen molar-refractivity contribution in [3.05, 3.63) is 82.9 Å². The summed E-state index contributed by atoms with van der Waals surface area (Å²) >= 11 is 0. The molecular formula is C22H18O2. The number of ketones is 1. The Hall–Kier alpha value is -2.87. The summed E-state index contributed by atoms with van der Waals surface area (Å²) < 4.78 is 5.26. The lowest BCUT2D eigenvalue weighted by Crippen LogP contribution is -2.14. The molecule has 0 unspecified atom stereocenters. The summed E-state index contributed by atoms with van der Waals surface area (Å²) in [4.78, 5) is 12.8. The Labute approximate surface area is 141 Å². The molecule has 0 atom stereocenters. The maximum Gasteiger partial charge on any atom is 0.189 e. The summed E-state index contributed by atoms with van der Waals surface area (Å²) in [5.41, 5.74) is 3.86. The molecule has 2 nitrogen and oxygen atoms in total. The summed E-state index contributed by atoms with van der Waals surface area (Å²) in [6.07, 6.45) is 3.69. The second-order valence-electron chi connectivity index (χ2n) is 6.09. The molecule has 0 saturated heterocycles. The van der Waals surface area contributed by atoms with Gasteiger partial charge in [-0.05, 0) is 59.0 Å². The average Bonchev–Trinajstić information content (AvgIpc) is 2.64. The van der Waals surface area contributed by atoms with E-state index in [9.17, 15) is 4.79 Å². The lowest BCUT2D eigenvalue weighted by molar-refractivity contribution is 0.102. The quantitative estimate of drug-likeness (QED) is 0.618. The smallest absolute Gasteiger partial charge is 0.189 e. The Morgan fingerprint density at radius 1 is 0.958 bits per heavy atom. The van der Waals surface area contributed by atoms with Gasteiger partial charge in [-0.3, -0.25) is 4.79 Å². The molecule has 3 aromatic rings. The fourth-order valence-electron chi connectivity index (χ4n) is 3.38. The topological polar surface area (TPSA) is 26.3 Å². The van der Waals surface area contributed by atoms with Crippen LogP contribution in [0.25, 0.3) is 16.8 Å². The zero-order valence-corrected chi connectivity index (χ0v) is 13.6. The Balaban J connectivity index is 1.77. The van der Waals surface area contributed by atoms with Crippen molar-refractivity contribution in [2.75, 3.05) is 7.11 Å². The Bertz CT molecular complexity index is 961. The van der Waals surface area contributed by atoms with E-state index < -0.39 is 0 Å². The van der Waals surface area contributed by atoms with Gasteiger partial charge in [-0.2, -0.15) is 0 Å². The van der Waals surface area contributed by atoms with Gasteiger partial charge in [-0.25, -0.2) is 0 Å². The third-order valence-electron chi connectivity index (χ3n) is 4.67. The lowest BCUT2D eigenvalue weighted by Gasteiger charge is -2.18. The number of hydrogen-bond acceptors (Lipinski definition) is 2. The van der Waals surface area contributed by atoms with Gasteiger partial charge in [0.15, 0.2) is 5.78 Å². The van der Waals surface area contributed by atoms with Crippen LogP contribution >= 0.6 is 0 Å². The number of benzene rings is 3. The van der Waals surface area contributed by atoms with Gasteiger partial charge >= 0.3 is 0 Å². The monoisotopic (exact) mass is 314 g/mol. The highest BCUT2D eigenvalue weighted by atomic mass is 16.5. The molecule has 24 heavy (non-hydrogen) atoms. The summed E-state index contributed by atoms with van der Waals surface area (Å²) in [5, 5.41) is 2.38. The fraction of sp³-hybridized carbons (Fsp3) is 0.136. The minimum atomic E-state index is 0.131. The number of ether oxygens (including phenoxy) is 1. The number of fused-ring (bicyclic) bond motifs is 2. The van der Waals surface area contributed by atoms with Crippen LogP contribution < -0.4 is 4.74 Å². The van der Waals surface area contributed by atoms with Crippen molar-refractivity contribution in [3.63, 3.8) is 0 Å². The van der Waals surface area contributed by atoms with Crippen LogP contribution in [0.5, 0.6) is 5.75 Å². The lowest BCUT2D eigenvalue weighted by atomic mass is 9.85. The van der Waals surface area contributed by atoms with Gasteiger partial charge in [0.25, 0.3) is 0 Å². The van der Waals surface area contributed by atoms with Crippen LogP contribution in [0.2, 0.25) is 0 Å². The number of carbonyl (C=O) groups is 1. The maximum absolute atomic E-state index is 12.8. The van der Waals surface area contributed by atoms with E-state index in [1.807, 2.05) is 36.4 Å². The van der Waals surface area contributed by atoms with Gasteiger partial charge in [0, 0.05) is 11.1 Å². The third-order valence-corrected chi connectivity index (χ3v) is 4.67. The predicted octanol–water partition coefficient (Wildman–Crippen LogP) is 5.06. The number of methoxy groups -OCH3 is 1. The zero-order chi connectivity index (χ0) is 16.5. The number of allylic oxidation sites excluding steroid dienone is 1. The molecule has 0 amide bonds. The van der Waals surface area contributed by atoms with Crippen molar-refractivity contribution in [1.82, 2.24) is 0 Å². The summed E-state index contributed by atoms with van der Waals surface area (Å²) in [6, 6.07) is 20.2. The second kappa shape index (κ2) is 5.97. The Morgan fingerprint density at radius 2 is 1.79 bits per heavy atom. The Kier molecular flexibility index (Phi) is 3.66. The molecule has 1 aliphatic carbocycles. The van der Waals surface area contributed by atoms with Crippen LogP contribution in [-0.4, -0.2) is 12.9 Å². The van der Waals surface area contributed by atoms with Crippen molar-refractivity contribution in [2.45, 2.75) is 12.8 Å².